The number of nitrogens with two attached hydrogens (primary N) is 1. The first-order chi connectivity index (χ1) is 9.98. The molecule has 1 aliphatic carbocycles. The van der Waals surface area contributed by atoms with Crippen molar-refractivity contribution in [1.29, 1.82) is 0 Å². The van der Waals surface area contributed by atoms with Crippen LogP contribution in [-0.4, -0.2) is 19.9 Å². The van der Waals surface area contributed by atoms with E-state index in [9.17, 15) is 8.42 Å². The lowest BCUT2D eigenvalue weighted by atomic mass is 9.97. The van der Waals surface area contributed by atoms with E-state index >= 15 is 0 Å². The van der Waals surface area contributed by atoms with Gasteiger partial charge in [0.2, 0.25) is 10.0 Å². The zero-order valence-electron chi connectivity index (χ0n) is 11.3. The predicted molar refractivity (Wildman–Crippen MR) is 80.4 cm³/mol. The van der Waals surface area contributed by atoms with E-state index < -0.39 is 10.0 Å². The third kappa shape index (κ3) is 2.02. The van der Waals surface area contributed by atoms with Crippen molar-refractivity contribution in [2.75, 3.05) is 11.9 Å². The topological polar surface area (TPSA) is 85.1 Å². The number of nitrogens with one attached hydrogen (secondary N) is 1. The molecule has 2 aromatic rings. The van der Waals surface area contributed by atoms with Gasteiger partial charge in [0.15, 0.2) is 0 Å². The summed E-state index contributed by atoms with van der Waals surface area (Å²) in [4.78, 5) is 4.61. The highest BCUT2D eigenvalue weighted by molar-refractivity contribution is 7.89. The number of benzene rings is 1. The fourth-order valence-electron chi connectivity index (χ4n) is 2.95. The van der Waals surface area contributed by atoms with E-state index in [1.165, 1.54) is 30.5 Å². The number of sulfonamides is 1. The summed E-state index contributed by atoms with van der Waals surface area (Å²) in [5, 5.41) is 8.47. The summed E-state index contributed by atoms with van der Waals surface area (Å²) in [6.45, 7) is 0.975. The number of fused-ring (bicyclic) bond motifs is 2. The highest BCUT2D eigenvalue weighted by Crippen LogP contribution is 2.54. The molecule has 2 heterocycles. The van der Waals surface area contributed by atoms with Crippen molar-refractivity contribution in [3.8, 4) is 11.1 Å². The molecular weight excluding hydrogens is 286 g/mol. The van der Waals surface area contributed by atoms with Crippen LogP contribution in [0, 0.1) is 0 Å². The highest BCUT2D eigenvalue weighted by atomic mass is 32.2. The second kappa shape index (κ2) is 4.05. The maximum Gasteiger partial charge on any atom is 0.238 e. The molecule has 0 saturated heterocycles. The number of nitrogens with zero attached hydrogens (tertiary/aromatic N) is 1. The van der Waals surface area contributed by atoms with E-state index in [0.29, 0.717) is 5.41 Å². The lowest BCUT2D eigenvalue weighted by molar-refractivity contribution is 0.598. The molecule has 1 aromatic carbocycles. The first-order valence-electron chi connectivity index (χ1n) is 6.86. The molecule has 1 spiro atoms. The molecule has 1 saturated carbocycles. The molecule has 2 aliphatic rings. The van der Waals surface area contributed by atoms with Crippen LogP contribution in [0.15, 0.2) is 41.4 Å². The van der Waals surface area contributed by atoms with E-state index in [1.807, 2.05) is 6.20 Å². The minimum atomic E-state index is -3.65. The zero-order valence-corrected chi connectivity index (χ0v) is 12.2. The van der Waals surface area contributed by atoms with Crippen LogP contribution in [-0.2, 0) is 15.4 Å². The molecule has 4 rings (SSSR count). The standard InChI is InChI=1S/C15H15N3O2S/c16-21(19,20)12-3-1-10(2-4-12)11-7-13-14(17-8-11)18-9-15(13)5-6-15/h1-4,7-8H,5-6,9H2,(H,17,18)(H2,16,19,20). The van der Waals surface area contributed by atoms with Gasteiger partial charge in [0.05, 0.1) is 4.90 Å². The van der Waals surface area contributed by atoms with Gasteiger partial charge >= 0.3 is 0 Å². The van der Waals surface area contributed by atoms with Crippen molar-refractivity contribution in [1.82, 2.24) is 4.98 Å². The molecule has 1 aliphatic heterocycles. The Balaban J connectivity index is 1.75. The molecular formula is C15H15N3O2S. The van der Waals surface area contributed by atoms with E-state index in [2.05, 4.69) is 16.4 Å². The van der Waals surface area contributed by atoms with Crippen LogP contribution in [0.3, 0.4) is 0 Å². The fourth-order valence-corrected chi connectivity index (χ4v) is 3.47. The van der Waals surface area contributed by atoms with Gasteiger partial charge in [-0.15, -0.1) is 0 Å². The van der Waals surface area contributed by atoms with Gasteiger partial charge in [-0.25, -0.2) is 18.5 Å². The van der Waals surface area contributed by atoms with Gasteiger partial charge in [0, 0.05) is 29.3 Å². The highest BCUT2D eigenvalue weighted by Gasteiger charge is 2.49. The van der Waals surface area contributed by atoms with Crippen LogP contribution in [0.1, 0.15) is 18.4 Å². The number of pyridine rings is 1. The Morgan fingerprint density at radius 1 is 1.14 bits per heavy atom. The first kappa shape index (κ1) is 12.8. The second-order valence-electron chi connectivity index (χ2n) is 5.82. The van der Waals surface area contributed by atoms with Gasteiger partial charge in [-0.3, -0.25) is 0 Å². The van der Waals surface area contributed by atoms with Gasteiger partial charge in [-0.05, 0) is 36.6 Å². The Morgan fingerprint density at radius 2 is 1.86 bits per heavy atom. The molecule has 0 amide bonds. The van der Waals surface area contributed by atoms with E-state index in [-0.39, 0.29) is 4.90 Å². The van der Waals surface area contributed by atoms with Gasteiger partial charge < -0.3 is 5.32 Å². The van der Waals surface area contributed by atoms with Crippen molar-refractivity contribution < 1.29 is 8.42 Å². The average molecular weight is 301 g/mol. The van der Waals surface area contributed by atoms with Crippen molar-refractivity contribution >= 4 is 15.8 Å². The van der Waals surface area contributed by atoms with Crippen LogP contribution < -0.4 is 10.5 Å². The van der Waals surface area contributed by atoms with Crippen molar-refractivity contribution in [2.45, 2.75) is 23.2 Å². The Morgan fingerprint density at radius 3 is 2.48 bits per heavy atom. The van der Waals surface area contributed by atoms with E-state index in [1.54, 1.807) is 12.1 Å². The quantitative estimate of drug-likeness (QED) is 0.886. The normalized spacial score (nSPS) is 18.3. The Kier molecular flexibility index (Phi) is 2.47. The van der Waals surface area contributed by atoms with Gasteiger partial charge in [0.25, 0.3) is 0 Å². The maximum absolute atomic E-state index is 11.3. The summed E-state index contributed by atoms with van der Waals surface area (Å²) in [6.07, 6.45) is 4.24. The van der Waals surface area contributed by atoms with Crippen molar-refractivity contribution in [2.24, 2.45) is 5.14 Å². The van der Waals surface area contributed by atoms with Gasteiger partial charge in [0.1, 0.15) is 5.82 Å². The largest absolute Gasteiger partial charge is 0.369 e. The molecule has 0 unspecified atom stereocenters. The summed E-state index contributed by atoms with van der Waals surface area (Å²) < 4.78 is 22.6. The Hall–Kier alpha value is -1.92. The summed E-state index contributed by atoms with van der Waals surface area (Å²) in [7, 11) is -3.65. The molecule has 5 nitrogen and oxygen atoms in total. The maximum atomic E-state index is 11.3. The van der Waals surface area contributed by atoms with E-state index in [4.69, 9.17) is 5.14 Å². The van der Waals surface area contributed by atoms with Crippen molar-refractivity contribution in [3.63, 3.8) is 0 Å². The van der Waals surface area contributed by atoms with Crippen LogP contribution in [0.2, 0.25) is 0 Å². The first-order valence-corrected chi connectivity index (χ1v) is 8.40. The number of aromatic nitrogens is 1. The number of anilines is 1. The van der Waals surface area contributed by atoms with Gasteiger partial charge in [-0.1, -0.05) is 12.1 Å². The number of hydrogen-bond acceptors (Lipinski definition) is 4. The molecule has 6 heteroatoms. The lowest BCUT2D eigenvalue weighted by Gasteiger charge is -2.08. The molecule has 0 bridgehead atoms. The summed E-state index contributed by atoms with van der Waals surface area (Å²) in [5.41, 5.74) is 3.53. The Bertz CT molecular complexity index is 824. The molecule has 108 valence electrons. The smallest absolute Gasteiger partial charge is 0.238 e. The van der Waals surface area contributed by atoms with Gasteiger partial charge in [-0.2, -0.15) is 0 Å². The SMILES string of the molecule is NS(=O)(=O)c1ccc(-c2cnc3c(c2)C2(CC2)CN3)cc1. The molecule has 1 aromatic heterocycles. The van der Waals surface area contributed by atoms with Crippen LogP contribution in [0.25, 0.3) is 11.1 Å². The minimum Gasteiger partial charge on any atom is -0.369 e. The molecule has 21 heavy (non-hydrogen) atoms. The fraction of sp³-hybridized carbons (Fsp3) is 0.267. The zero-order chi connectivity index (χ0) is 14.7. The van der Waals surface area contributed by atoms with Crippen LogP contribution in [0.5, 0.6) is 0 Å². The Labute approximate surface area is 123 Å². The molecule has 0 atom stereocenters. The predicted octanol–water partition coefficient (Wildman–Crippen LogP) is 1.85. The lowest BCUT2D eigenvalue weighted by Crippen LogP contribution is -2.11. The number of hydrogen-bond donors (Lipinski definition) is 2. The van der Waals surface area contributed by atoms with Crippen molar-refractivity contribution in [3.05, 3.63) is 42.1 Å². The third-order valence-electron chi connectivity index (χ3n) is 4.42. The molecule has 3 N–H and O–H groups in total. The van der Waals surface area contributed by atoms with Crippen LogP contribution in [0.4, 0.5) is 5.82 Å². The molecule has 0 radical (unpaired) electrons. The molecule has 1 fully saturated rings. The minimum absolute atomic E-state index is 0.126. The number of primary sulfonamides is 1. The third-order valence-corrected chi connectivity index (χ3v) is 5.35. The monoisotopic (exact) mass is 301 g/mol. The summed E-state index contributed by atoms with van der Waals surface area (Å²) in [6, 6.07) is 8.77. The average Bonchev–Trinajstić information content (AvgIpc) is 3.16. The van der Waals surface area contributed by atoms with Crippen LogP contribution >= 0.6 is 0 Å². The van der Waals surface area contributed by atoms with E-state index in [0.717, 1.165) is 23.5 Å². The second-order valence-corrected chi connectivity index (χ2v) is 7.38. The summed E-state index contributed by atoms with van der Waals surface area (Å²) >= 11 is 0. The number of rotatable bonds is 2. The summed E-state index contributed by atoms with van der Waals surface area (Å²) in [5.74, 6) is 0.984.